The minimum absolute atomic E-state index is 0.250. The van der Waals surface area contributed by atoms with Gasteiger partial charge in [-0.1, -0.05) is 0 Å². The topological polar surface area (TPSA) is 29.5 Å². The standard InChI is InChI=1S/C6H13NO2/c1-4-7(3)6(8)9-5-2/h4-5H2,1-3H3. The summed E-state index contributed by atoms with van der Waals surface area (Å²) in [6.07, 6.45) is -0.250. The molecule has 0 aliphatic carbocycles. The quantitative estimate of drug-likeness (QED) is 0.561. The van der Waals surface area contributed by atoms with E-state index in [0.717, 1.165) is 0 Å². The second-order valence-corrected chi connectivity index (χ2v) is 1.71. The normalized spacial score (nSPS) is 8.78. The van der Waals surface area contributed by atoms with Crippen LogP contribution in [0.2, 0.25) is 0 Å². The van der Waals surface area contributed by atoms with Crippen molar-refractivity contribution in [1.82, 2.24) is 4.90 Å². The molecular weight excluding hydrogens is 118 g/mol. The average molecular weight is 131 g/mol. The van der Waals surface area contributed by atoms with Crippen molar-refractivity contribution in [2.24, 2.45) is 0 Å². The predicted molar refractivity (Wildman–Crippen MR) is 35.3 cm³/mol. The molecule has 0 fully saturated rings. The molecule has 0 aromatic heterocycles. The van der Waals surface area contributed by atoms with Crippen LogP contribution in [-0.4, -0.2) is 31.2 Å². The van der Waals surface area contributed by atoms with Gasteiger partial charge in [-0.3, -0.25) is 0 Å². The lowest BCUT2D eigenvalue weighted by atomic mass is 10.7. The zero-order valence-corrected chi connectivity index (χ0v) is 6.18. The Morgan fingerprint density at radius 2 is 2.11 bits per heavy atom. The van der Waals surface area contributed by atoms with Crippen molar-refractivity contribution in [2.45, 2.75) is 13.8 Å². The Morgan fingerprint density at radius 1 is 1.56 bits per heavy atom. The van der Waals surface area contributed by atoms with Crippen molar-refractivity contribution in [3.05, 3.63) is 0 Å². The fourth-order valence-corrected chi connectivity index (χ4v) is 0.363. The summed E-state index contributed by atoms with van der Waals surface area (Å²) in [6, 6.07) is 0. The molecule has 0 aliphatic heterocycles. The molecule has 1 amide bonds. The van der Waals surface area contributed by atoms with Gasteiger partial charge in [-0.2, -0.15) is 0 Å². The molecule has 0 N–H and O–H groups in total. The number of nitrogens with zero attached hydrogens (tertiary/aromatic N) is 1. The second kappa shape index (κ2) is 4.18. The molecule has 3 nitrogen and oxygen atoms in total. The molecule has 54 valence electrons. The van der Waals surface area contributed by atoms with Crippen LogP contribution >= 0.6 is 0 Å². The van der Waals surface area contributed by atoms with Crippen molar-refractivity contribution in [3.63, 3.8) is 0 Å². The Hall–Kier alpha value is -0.730. The third-order valence-corrected chi connectivity index (χ3v) is 1.05. The van der Waals surface area contributed by atoms with Crippen molar-refractivity contribution in [2.75, 3.05) is 20.2 Å². The molecule has 0 radical (unpaired) electrons. The highest BCUT2D eigenvalue weighted by molar-refractivity contribution is 5.66. The summed E-state index contributed by atoms with van der Waals surface area (Å²) < 4.78 is 4.68. The van der Waals surface area contributed by atoms with Gasteiger partial charge in [0.05, 0.1) is 6.61 Å². The molecule has 0 unspecified atom stereocenters. The first kappa shape index (κ1) is 8.27. The SMILES string of the molecule is CCOC(=O)N(C)CC. The number of ether oxygens (including phenoxy) is 1. The average Bonchev–Trinajstić information content (AvgIpc) is 1.87. The minimum Gasteiger partial charge on any atom is -0.450 e. The highest BCUT2D eigenvalue weighted by Crippen LogP contribution is 1.87. The van der Waals surface area contributed by atoms with Gasteiger partial charge in [0, 0.05) is 13.6 Å². The van der Waals surface area contributed by atoms with Gasteiger partial charge in [-0.15, -0.1) is 0 Å². The van der Waals surface area contributed by atoms with Crippen LogP contribution in [-0.2, 0) is 4.74 Å². The highest BCUT2D eigenvalue weighted by Gasteiger charge is 2.03. The van der Waals surface area contributed by atoms with Crippen LogP contribution in [0.1, 0.15) is 13.8 Å². The minimum atomic E-state index is -0.250. The predicted octanol–water partition coefficient (Wildman–Crippen LogP) is 1.09. The first-order valence-corrected chi connectivity index (χ1v) is 3.10. The Kier molecular flexibility index (Phi) is 3.84. The summed E-state index contributed by atoms with van der Waals surface area (Å²) in [4.78, 5) is 12.2. The maximum Gasteiger partial charge on any atom is 0.409 e. The lowest BCUT2D eigenvalue weighted by Crippen LogP contribution is -2.26. The van der Waals surface area contributed by atoms with Crippen LogP contribution in [0, 0.1) is 0 Å². The van der Waals surface area contributed by atoms with Crippen molar-refractivity contribution in [3.8, 4) is 0 Å². The van der Waals surface area contributed by atoms with Gasteiger partial charge in [0.25, 0.3) is 0 Å². The molecule has 0 spiro atoms. The summed E-state index contributed by atoms with van der Waals surface area (Å²) in [5, 5.41) is 0. The van der Waals surface area contributed by atoms with E-state index in [1.54, 1.807) is 14.0 Å². The molecule has 0 aromatic carbocycles. The van der Waals surface area contributed by atoms with E-state index < -0.39 is 0 Å². The van der Waals surface area contributed by atoms with Gasteiger partial charge in [-0.25, -0.2) is 4.79 Å². The van der Waals surface area contributed by atoms with E-state index in [4.69, 9.17) is 0 Å². The second-order valence-electron chi connectivity index (χ2n) is 1.71. The number of carbonyl (C=O) groups excluding carboxylic acids is 1. The molecule has 0 saturated heterocycles. The third kappa shape index (κ3) is 2.95. The van der Waals surface area contributed by atoms with Gasteiger partial charge >= 0.3 is 6.09 Å². The monoisotopic (exact) mass is 131 g/mol. The Morgan fingerprint density at radius 3 is 2.44 bits per heavy atom. The van der Waals surface area contributed by atoms with Crippen LogP contribution in [0.25, 0.3) is 0 Å². The third-order valence-electron chi connectivity index (χ3n) is 1.05. The van der Waals surface area contributed by atoms with Crippen molar-refractivity contribution >= 4 is 6.09 Å². The Labute approximate surface area is 55.6 Å². The van der Waals surface area contributed by atoms with Crippen LogP contribution in [0.15, 0.2) is 0 Å². The summed E-state index contributed by atoms with van der Waals surface area (Å²) in [7, 11) is 1.71. The van der Waals surface area contributed by atoms with Gasteiger partial charge in [0.2, 0.25) is 0 Å². The van der Waals surface area contributed by atoms with Crippen molar-refractivity contribution < 1.29 is 9.53 Å². The summed E-state index contributed by atoms with van der Waals surface area (Å²) >= 11 is 0. The molecule has 9 heavy (non-hydrogen) atoms. The number of carbonyl (C=O) groups is 1. The Bertz CT molecular complexity index is 93.1. The van der Waals surface area contributed by atoms with E-state index in [0.29, 0.717) is 13.2 Å². The number of hydrogen-bond donors (Lipinski definition) is 0. The van der Waals surface area contributed by atoms with Gasteiger partial charge in [0.15, 0.2) is 0 Å². The largest absolute Gasteiger partial charge is 0.450 e. The lowest BCUT2D eigenvalue weighted by Gasteiger charge is -2.12. The first-order valence-electron chi connectivity index (χ1n) is 3.10. The van der Waals surface area contributed by atoms with E-state index in [-0.39, 0.29) is 6.09 Å². The zero-order chi connectivity index (χ0) is 7.28. The summed E-state index contributed by atoms with van der Waals surface area (Å²) in [6.45, 7) is 4.83. The zero-order valence-electron chi connectivity index (χ0n) is 6.18. The van der Waals surface area contributed by atoms with E-state index >= 15 is 0 Å². The molecule has 0 atom stereocenters. The van der Waals surface area contributed by atoms with E-state index in [1.165, 1.54) is 4.90 Å². The van der Waals surface area contributed by atoms with Crippen LogP contribution in [0.5, 0.6) is 0 Å². The maximum atomic E-state index is 10.7. The van der Waals surface area contributed by atoms with Gasteiger partial charge < -0.3 is 9.64 Å². The maximum absolute atomic E-state index is 10.7. The Balaban J connectivity index is 3.46. The molecular formula is C6H13NO2. The molecule has 0 rings (SSSR count). The molecule has 0 saturated carbocycles. The van der Waals surface area contributed by atoms with Crippen LogP contribution in [0.4, 0.5) is 4.79 Å². The summed E-state index contributed by atoms with van der Waals surface area (Å²) in [5.41, 5.74) is 0. The summed E-state index contributed by atoms with van der Waals surface area (Å²) in [5.74, 6) is 0. The fraction of sp³-hybridized carbons (Fsp3) is 0.833. The van der Waals surface area contributed by atoms with E-state index in [2.05, 4.69) is 4.74 Å². The fourth-order valence-electron chi connectivity index (χ4n) is 0.363. The lowest BCUT2D eigenvalue weighted by molar-refractivity contribution is 0.118. The first-order chi connectivity index (χ1) is 4.22. The van der Waals surface area contributed by atoms with Gasteiger partial charge in [-0.05, 0) is 13.8 Å². The van der Waals surface area contributed by atoms with Crippen LogP contribution in [0.3, 0.4) is 0 Å². The highest BCUT2D eigenvalue weighted by atomic mass is 16.5. The molecule has 0 aromatic rings. The van der Waals surface area contributed by atoms with Gasteiger partial charge in [0.1, 0.15) is 0 Å². The van der Waals surface area contributed by atoms with Crippen molar-refractivity contribution in [1.29, 1.82) is 0 Å². The number of hydrogen-bond acceptors (Lipinski definition) is 2. The number of rotatable bonds is 2. The molecule has 0 aliphatic rings. The van der Waals surface area contributed by atoms with E-state index in [1.807, 2.05) is 6.92 Å². The molecule has 0 bridgehead atoms. The van der Waals surface area contributed by atoms with E-state index in [9.17, 15) is 4.79 Å². The van der Waals surface area contributed by atoms with Crippen LogP contribution < -0.4 is 0 Å². The smallest absolute Gasteiger partial charge is 0.409 e. The molecule has 0 heterocycles. The molecule has 3 heteroatoms. The number of amides is 1.